The minimum atomic E-state index is 0.0476. The van der Waals surface area contributed by atoms with Gasteiger partial charge in [-0.15, -0.1) is 0 Å². The van der Waals surface area contributed by atoms with Crippen molar-refractivity contribution < 1.29 is 14.9 Å². The molecule has 6 atom stereocenters. The van der Waals surface area contributed by atoms with Crippen LogP contribution in [0.3, 0.4) is 0 Å². The van der Waals surface area contributed by atoms with Gasteiger partial charge >= 0.3 is 0 Å². The van der Waals surface area contributed by atoms with Crippen LogP contribution >= 0.6 is 0 Å². The maximum atomic E-state index is 9.61. The third-order valence-electron chi connectivity index (χ3n) is 5.89. The fraction of sp³-hybridized carbons (Fsp3) is 0.867. The largest absolute Gasteiger partial charge is 0.392 e. The summed E-state index contributed by atoms with van der Waals surface area (Å²) in [4.78, 5) is 11.3. The Morgan fingerprint density at radius 1 is 1.39 bits per heavy atom. The van der Waals surface area contributed by atoms with Crippen molar-refractivity contribution in [3.8, 4) is 0 Å². The summed E-state index contributed by atoms with van der Waals surface area (Å²) in [5, 5.41) is 9.61. The quantitative estimate of drug-likeness (QED) is 0.606. The van der Waals surface area contributed by atoms with Crippen LogP contribution in [0.5, 0.6) is 0 Å². The molecule has 0 unspecified atom stereocenters. The predicted octanol–water partition coefficient (Wildman–Crippen LogP) is 2.55. The van der Waals surface area contributed by atoms with Gasteiger partial charge < -0.3 is 5.11 Å². The van der Waals surface area contributed by atoms with E-state index in [9.17, 15) is 5.11 Å². The van der Waals surface area contributed by atoms with E-state index in [1.807, 2.05) is 0 Å². The summed E-state index contributed by atoms with van der Waals surface area (Å²) >= 11 is 0. The standard InChI is InChI=1S/C15H24O3/c1-8(2)12-13-9(3)15(4)10(7-16)5-6-11(15)14(12)18-17-13/h5,8-9,11-14,16H,6-7H2,1-4H3/t9-,11+,12-,13+,14-,15+/m1/s1. The van der Waals surface area contributed by atoms with Gasteiger partial charge in [-0.3, -0.25) is 0 Å². The van der Waals surface area contributed by atoms with Gasteiger partial charge in [-0.1, -0.05) is 33.8 Å². The summed E-state index contributed by atoms with van der Waals surface area (Å²) in [6.45, 7) is 9.22. The van der Waals surface area contributed by atoms with E-state index in [1.54, 1.807) is 0 Å². The first-order chi connectivity index (χ1) is 8.51. The topological polar surface area (TPSA) is 38.7 Å². The number of aliphatic hydroxyl groups is 1. The van der Waals surface area contributed by atoms with Crippen LogP contribution < -0.4 is 0 Å². The molecule has 0 aromatic rings. The Hall–Kier alpha value is -0.380. The maximum Gasteiger partial charge on any atom is 0.103 e. The second-order valence-electron chi connectivity index (χ2n) is 6.74. The monoisotopic (exact) mass is 252 g/mol. The summed E-state index contributed by atoms with van der Waals surface area (Å²) in [7, 11) is 0. The van der Waals surface area contributed by atoms with E-state index in [1.165, 1.54) is 5.57 Å². The SMILES string of the molecule is CC(C)[C@@H]1[C@H]2OO[C@@H]1[C@@H]1CC=C(CO)[C@]1(C)[C@@H]2C. The van der Waals surface area contributed by atoms with Gasteiger partial charge in [0.25, 0.3) is 0 Å². The number of fused-ring (bicyclic) bond motifs is 4. The summed E-state index contributed by atoms with van der Waals surface area (Å²) in [6, 6.07) is 0. The van der Waals surface area contributed by atoms with E-state index in [0.717, 1.165) is 6.42 Å². The van der Waals surface area contributed by atoms with Crippen molar-refractivity contribution >= 4 is 0 Å². The Labute approximate surface area is 109 Å². The molecule has 0 amide bonds. The molecule has 3 rings (SSSR count). The zero-order chi connectivity index (χ0) is 13.1. The average Bonchev–Trinajstić information content (AvgIpc) is 2.86. The number of hydrogen-bond acceptors (Lipinski definition) is 3. The van der Waals surface area contributed by atoms with E-state index in [4.69, 9.17) is 9.78 Å². The molecule has 2 fully saturated rings. The first kappa shape index (κ1) is 12.6. The van der Waals surface area contributed by atoms with Gasteiger partial charge in [-0.25, -0.2) is 9.78 Å². The van der Waals surface area contributed by atoms with E-state index in [0.29, 0.717) is 23.7 Å². The van der Waals surface area contributed by atoms with Gasteiger partial charge in [0.15, 0.2) is 0 Å². The number of hydrogen-bond donors (Lipinski definition) is 1. The van der Waals surface area contributed by atoms with Crippen LogP contribution in [-0.2, 0) is 9.78 Å². The van der Waals surface area contributed by atoms with Gasteiger partial charge in [-0.2, -0.15) is 0 Å². The Morgan fingerprint density at radius 2 is 2.06 bits per heavy atom. The lowest BCUT2D eigenvalue weighted by molar-refractivity contribution is -0.298. The summed E-state index contributed by atoms with van der Waals surface area (Å²) in [5.74, 6) is 1.92. The molecule has 3 heteroatoms. The molecule has 1 saturated heterocycles. The highest BCUT2D eigenvalue weighted by atomic mass is 17.2. The summed E-state index contributed by atoms with van der Waals surface area (Å²) in [5.41, 5.74) is 1.23. The summed E-state index contributed by atoms with van der Waals surface area (Å²) < 4.78 is 0. The zero-order valence-electron chi connectivity index (χ0n) is 11.7. The fourth-order valence-electron chi connectivity index (χ4n) is 4.61. The molecule has 1 saturated carbocycles. The van der Waals surface area contributed by atoms with Crippen molar-refractivity contribution in [3.05, 3.63) is 11.6 Å². The van der Waals surface area contributed by atoms with E-state index in [-0.39, 0.29) is 24.2 Å². The van der Waals surface area contributed by atoms with Gasteiger partial charge in [0.1, 0.15) is 12.2 Å². The van der Waals surface area contributed by atoms with Gasteiger partial charge in [0, 0.05) is 17.3 Å². The highest BCUT2D eigenvalue weighted by Gasteiger charge is 2.63. The smallest absolute Gasteiger partial charge is 0.103 e. The second-order valence-corrected chi connectivity index (χ2v) is 6.74. The van der Waals surface area contributed by atoms with Crippen LogP contribution in [0.15, 0.2) is 11.6 Å². The first-order valence-electron chi connectivity index (χ1n) is 7.14. The molecular formula is C15H24O3. The first-order valence-corrected chi connectivity index (χ1v) is 7.14. The molecule has 3 aliphatic rings. The molecule has 0 radical (unpaired) electrons. The van der Waals surface area contributed by atoms with Crippen molar-refractivity contribution in [2.24, 2.45) is 29.1 Å². The van der Waals surface area contributed by atoms with Crippen molar-refractivity contribution in [2.45, 2.75) is 46.3 Å². The molecule has 1 aliphatic heterocycles. The average molecular weight is 252 g/mol. The molecule has 0 aromatic carbocycles. The van der Waals surface area contributed by atoms with Crippen molar-refractivity contribution in [1.82, 2.24) is 0 Å². The summed E-state index contributed by atoms with van der Waals surface area (Å²) in [6.07, 6.45) is 3.60. The van der Waals surface area contributed by atoms with Gasteiger partial charge in [0.05, 0.1) is 6.61 Å². The van der Waals surface area contributed by atoms with Crippen molar-refractivity contribution in [2.75, 3.05) is 6.61 Å². The lowest BCUT2D eigenvalue weighted by Crippen LogP contribution is -2.53. The number of allylic oxidation sites excluding steroid dienone is 1. The molecule has 3 nitrogen and oxygen atoms in total. The Bertz CT molecular complexity index is 376. The van der Waals surface area contributed by atoms with Crippen LogP contribution in [0.4, 0.5) is 0 Å². The van der Waals surface area contributed by atoms with Crippen LogP contribution in [-0.4, -0.2) is 23.9 Å². The van der Waals surface area contributed by atoms with E-state index in [2.05, 4.69) is 33.8 Å². The van der Waals surface area contributed by atoms with Crippen LogP contribution in [0.2, 0.25) is 0 Å². The molecule has 2 aliphatic carbocycles. The Morgan fingerprint density at radius 3 is 2.67 bits per heavy atom. The zero-order valence-corrected chi connectivity index (χ0v) is 11.7. The molecule has 0 spiro atoms. The minimum Gasteiger partial charge on any atom is -0.392 e. The normalized spacial score (nSPS) is 50.6. The number of aliphatic hydroxyl groups excluding tert-OH is 1. The molecule has 0 aromatic heterocycles. The second kappa shape index (κ2) is 4.06. The molecule has 1 heterocycles. The molecule has 102 valence electrons. The van der Waals surface area contributed by atoms with Crippen LogP contribution in [0, 0.1) is 29.1 Å². The van der Waals surface area contributed by atoms with Gasteiger partial charge in [-0.05, 0) is 23.8 Å². The van der Waals surface area contributed by atoms with Gasteiger partial charge in [0.2, 0.25) is 0 Å². The maximum absolute atomic E-state index is 9.61. The Balaban J connectivity index is 2.00. The minimum absolute atomic E-state index is 0.0476. The van der Waals surface area contributed by atoms with Crippen molar-refractivity contribution in [1.29, 1.82) is 0 Å². The van der Waals surface area contributed by atoms with Crippen molar-refractivity contribution in [3.63, 3.8) is 0 Å². The lowest BCUT2D eigenvalue weighted by atomic mass is 9.54. The predicted molar refractivity (Wildman–Crippen MR) is 68.6 cm³/mol. The highest BCUT2D eigenvalue weighted by Crippen LogP contribution is 2.61. The lowest BCUT2D eigenvalue weighted by Gasteiger charge is -2.49. The number of rotatable bonds is 2. The van der Waals surface area contributed by atoms with Crippen LogP contribution in [0.1, 0.15) is 34.1 Å². The molecule has 18 heavy (non-hydrogen) atoms. The Kier molecular flexibility index (Phi) is 2.85. The van der Waals surface area contributed by atoms with E-state index < -0.39 is 0 Å². The van der Waals surface area contributed by atoms with Crippen LogP contribution in [0.25, 0.3) is 0 Å². The third kappa shape index (κ3) is 1.36. The fourth-order valence-corrected chi connectivity index (χ4v) is 4.61. The molecule has 1 N–H and O–H groups in total. The molecule has 2 bridgehead atoms. The highest BCUT2D eigenvalue weighted by molar-refractivity contribution is 5.28. The third-order valence-corrected chi connectivity index (χ3v) is 5.89. The molecular weight excluding hydrogens is 228 g/mol. The van der Waals surface area contributed by atoms with E-state index >= 15 is 0 Å².